The number of hydrogen-bond acceptors (Lipinski definition) is 1. The molecule has 0 N–H and O–H groups in total. The van der Waals surface area contributed by atoms with Crippen LogP contribution in [0.1, 0.15) is 10.4 Å². The van der Waals surface area contributed by atoms with Gasteiger partial charge >= 0.3 is 0 Å². The Bertz CT molecular complexity index is 354. The van der Waals surface area contributed by atoms with Crippen LogP contribution in [0, 0.1) is 9.39 Å². The van der Waals surface area contributed by atoms with Gasteiger partial charge in [0, 0.05) is 3.57 Å². The van der Waals surface area contributed by atoms with E-state index < -0.39 is 5.82 Å². The van der Waals surface area contributed by atoms with E-state index in [0.717, 1.165) is 3.57 Å². The van der Waals surface area contributed by atoms with Crippen molar-refractivity contribution >= 4 is 60.2 Å². The first kappa shape index (κ1) is 11.6. The van der Waals surface area contributed by atoms with Gasteiger partial charge in [0.1, 0.15) is 5.82 Å². The molecular formula is C8H4Br2FIO. The Hall–Kier alpha value is 0.510. The molecule has 0 amide bonds. The Kier molecular flexibility index (Phi) is 4.31. The van der Waals surface area contributed by atoms with E-state index in [2.05, 4.69) is 31.9 Å². The van der Waals surface area contributed by atoms with E-state index in [1.165, 1.54) is 6.07 Å². The average molecular weight is 422 g/mol. The van der Waals surface area contributed by atoms with E-state index in [1.807, 2.05) is 22.6 Å². The first-order chi connectivity index (χ1) is 6.07. The van der Waals surface area contributed by atoms with Crippen LogP contribution in [0.5, 0.6) is 0 Å². The van der Waals surface area contributed by atoms with Gasteiger partial charge < -0.3 is 0 Å². The van der Waals surface area contributed by atoms with Gasteiger partial charge in [-0.25, -0.2) is 4.39 Å². The summed E-state index contributed by atoms with van der Waals surface area (Å²) in [4.78, 5) is 11.2. The minimum Gasteiger partial charge on any atom is -0.293 e. The van der Waals surface area contributed by atoms with Gasteiger partial charge in [-0.15, -0.1) is 0 Å². The zero-order valence-electron chi connectivity index (χ0n) is 6.28. The van der Waals surface area contributed by atoms with Crippen molar-refractivity contribution in [2.45, 2.75) is 0 Å². The summed E-state index contributed by atoms with van der Waals surface area (Å²) in [5, 5.41) is 0.136. The van der Waals surface area contributed by atoms with Crippen molar-refractivity contribution in [1.29, 1.82) is 0 Å². The highest BCUT2D eigenvalue weighted by molar-refractivity contribution is 14.1. The molecule has 70 valence electrons. The summed E-state index contributed by atoms with van der Waals surface area (Å²) >= 11 is 8.06. The molecule has 0 fully saturated rings. The maximum atomic E-state index is 13.4. The van der Waals surface area contributed by atoms with Crippen molar-refractivity contribution in [1.82, 2.24) is 0 Å². The van der Waals surface area contributed by atoms with Gasteiger partial charge in [-0.1, -0.05) is 15.9 Å². The molecule has 1 rings (SSSR count). The third-order valence-electron chi connectivity index (χ3n) is 1.46. The molecule has 0 aliphatic heterocycles. The zero-order chi connectivity index (χ0) is 10.0. The fourth-order valence-corrected chi connectivity index (χ4v) is 1.88. The van der Waals surface area contributed by atoms with Crippen molar-refractivity contribution in [3.63, 3.8) is 0 Å². The van der Waals surface area contributed by atoms with E-state index in [-0.39, 0.29) is 16.7 Å². The molecule has 0 unspecified atom stereocenters. The van der Waals surface area contributed by atoms with Crippen molar-refractivity contribution < 1.29 is 9.18 Å². The molecule has 0 saturated carbocycles. The quantitative estimate of drug-likeness (QED) is 0.307. The van der Waals surface area contributed by atoms with Gasteiger partial charge in [0.05, 0.1) is 15.4 Å². The molecule has 13 heavy (non-hydrogen) atoms. The predicted molar refractivity (Wildman–Crippen MR) is 64.9 cm³/mol. The van der Waals surface area contributed by atoms with Crippen LogP contribution in [0.4, 0.5) is 4.39 Å². The lowest BCUT2D eigenvalue weighted by molar-refractivity contribution is 0.102. The third-order valence-corrected chi connectivity index (χ3v) is 4.38. The van der Waals surface area contributed by atoms with Crippen LogP contribution in [0.15, 0.2) is 16.6 Å². The van der Waals surface area contributed by atoms with Gasteiger partial charge in [-0.3, -0.25) is 4.79 Å². The maximum absolute atomic E-state index is 13.4. The summed E-state index contributed by atoms with van der Waals surface area (Å²) in [5.74, 6) is -0.744. The monoisotopic (exact) mass is 420 g/mol. The van der Waals surface area contributed by atoms with E-state index in [1.54, 1.807) is 6.07 Å². The topological polar surface area (TPSA) is 17.1 Å². The molecule has 0 aromatic heterocycles. The van der Waals surface area contributed by atoms with Crippen molar-refractivity contribution in [3.05, 3.63) is 31.6 Å². The Morgan fingerprint density at radius 2 is 2.15 bits per heavy atom. The molecule has 1 aromatic carbocycles. The summed E-state index contributed by atoms with van der Waals surface area (Å²) in [6.45, 7) is 0. The molecule has 5 heteroatoms. The lowest BCUT2D eigenvalue weighted by atomic mass is 10.1. The van der Waals surface area contributed by atoms with Crippen LogP contribution < -0.4 is 0 Å². The molecule has 0 spiro atoms. The lowest BCUT2D eigenvalue weighted by Crippen LogP contribution is -2.04. The molecule has 0 radical (unpaired) electrons. The molecule has 0 atom stereocenters. The second kappa shape index (κ2) is 4.84. The van der Waals surface area contributed by atoms with Gasteiger partial charge in [0.15, 0.2) is 5.78 Å². The van der Waals surface area contributed by atoms with Crippen LogP contribution in [0.2, 0.25) is 0 Å². The average Bonchev–Trinajstić information content (AvgIpc) is 2.13. The highest BCUT2D eigenvalue weighted by atomic mass is 127. The fourth-order valence-electron chi connectivity index (χ4n) is 0.813. The molecule has 1 aromatic rings. The SMILES string of the molecule is O=C(CBr)c1ccc(I)c(Br)c1F. The van der Waals surface area contributed by atoms with Crippen LogP contribution >= 0.6 is 54.5 Å². The normalized spacial score (nSPS) is 10.2. The standard InChI is InChI=1S/C8H4Br2FIO/c9-3-6(13)4-1-2-5(12)7(10)8(4)11/h1-2H,3H2. The van der Waals surface area contributed by atoms with Crippen LogP contribution in [-0.4, -0.2) is 11.1 Å². The summed E-state index contributed by atoms with van der Waals surface area (Å²) in [5.41, 5.74) is 0.115. The van der Waals surface area contributed by atoms with Gasteiger partial charge in [0.2, 0.25) is 0 Å². The summed E-state index contributed by atoms with van der Waals surface area (Å²) in [7, 11) is 0. The number of alkyl halides is 1. The molecule has 0 aliphatic carbocycles. The Morgan fingerprint density at radius 1 is 1.54 bits per heavy atom. The highest BCUT2D eigenvalue weighted by Gasteiger charge is 2.14. The van der Waals surface area contributed by atoms with E-state index >= 15 is 0 Å². The van der Waals surface area contributed by atoms with E-state index in [4.69, 9.17) is 0 Å². The Balaban J connectivity index is 3.26. The molecule has 0 heterocycles. The summed E-state index contributed by atoms with van der Waals surface area (Å²) in [6.07, 6.45) is 0. The second-order valence-electron chi connectivity index (χ2n) is 2.28. The summed E-state index contributed by atoms with van der Waals surface area (Å²) in [6, 6.07) is 3.19. The number of ketones is 1. The number of benzene rings is 1. The van der Waals surface area contributed by atoms with E-state index in [9.17, 15) is 9.18 Å². The van der Waals surface area contributed by atoms with Gasteiger partial charge in [-0.2, -0.15) is 0 Å². The molecule has 0 aliphatic rings. The molecule has 0 bridgehead atoms. The smallest absolute Gasteiger partial charge is 0.176 e. The van der Waals surface area contributed by atoms with Crippen LogP contribution in [0.3, 0.4) is 0 Å². The van der Waals surface area contributed by atoms with Crippen molar-refractivity contribution in [2.24, 2.45) is 0 Å². The first-order valence-electron chi connectivity index (χ1n) is 3.30. The number of carbonyl (C=O) groups is 1. The van der Waals surface area contributed by atoms with Gasteiger partial charge in [0.25, 0.3) is 0 Å². The predicted octanol–water partition coefficient (Wildman–Crippen LogP) is 3.77. The zero-order valence-corrected chi connectivity index (χ0v) is 11.6. The number of hydrogen-bond donors (Lipinski definition) is 0. The van der Waals surface area contributed by atoms with Crippen LogP contribution in [0.25, 0.3) is 0 Å². The minimum atomic E-state index is -0.489. The molecule has 1 nitrogen and oxygen atoms in total. The number of halogens is 4. The number of carbonyl (C=O) groups excluding carboxylic acids is 1. The minimum absolute atomic E-state index is 0.115. The largest absolute Gasteiger partial charge is 0.293 e. The molecule has 0 saturated heterocycles. The molecular weight excluding hydrogens is 418 g/mol. The number of rotatable bonds is 2. The fraction of sp³-hybridized carbons (Fsp3) is 0.125. The lowest BCUT2D eigenvalue weighted by Gasteiger charge is -2.03. The third kappa shape index (κ3) is 2.50. The Labute approximate surface area is 105 Å². The second-order valence-corrected chi connectivity index (χ2v) is 4.80. The van der Waals surface area contributed by atoms with E-state index in [0.29, 0.717) is 4.47 Å². The van der Waals surface area contributed by atoms with Crippen LogP contribution in [-0.2, 0) is 0 Å². The Morgan fingerprint density at radius 3 is 2.69 bits per heavy atom. The summed E-state index contributed by atoms with van der Waals surface area (Å²) < 4.78 is 14.5. The first-order valence-corrected chi connectivity index (χ1v) is 6.30. The van der Waals surface area contributed by atoms with Gasteiger partial charge in [-0.05, 0) is 50.7 Å². The highest BCUT2D eigenvalue weighted by Crippen LogP contribution is 2.25. The van der Waals surface area contributed by atoms with Crippen molar-refractivity contribution in [2.75, 3.05) is 5.33 Å². The van der Waals surface area contributed by atoms with Crippen molar-refractivity contribution in [3.8, 4) is 0 Å². The number of Topliss-reactive ketones (excluding diaryl/α,β-unsaturated/α-hetero) is 1. The maximum Gasteiger partial charge on any atom is 0.176 e.